The molecular formula is C23H28ClFN4O3. The molecular weight excluding hydrogens is 435 g/mol. The van der Waals surface area contributed by atoms with Crippen molar-refractivity contribution >= 4 is 40.5 Å². The number of benzene rings is 2. The third-order valence-electron chi connectivity index (χ3n) is 5.20. The number of likely N-dealkylation sites (N-methyl/N-ethyl adjacent to an activating group) is 1. The number of morpholine rings is 1. The van der Waals surface area contributed by atoms with Crippen LogP contribution >= 0.6 is 11.6 Å². The van der Waals surface area contributed by atoms with Crippen molar-refractivity contribution in [3.63, 3.8) is 0 Å². The van der Waals surface area contributed by atoms with Gasteiger partial charge in [0.2, 0.25) is 11.8 Å². The van der Waals surface area contributed by atoms with E-state index in [4.69, 9.17) is 16.3 Å². The number of hydrogen-bond acceptors (Lipinski definition) is 5. The van der Waals surface area contributed by atoms with Gasteiger partial charge >= 0.3 is 0 Å². The van der Waals surface area contributed by atoms with Gasteiger partial charge in [0.15, 0.2) is 0 Å². The molecule has 2 aromatic carbocycles. The highest BCUT2D eigenvalue weighted by Crippen LogP contribution is 2.20. The van der Waals surface area contributed by atoms with E-state index in [0.29, 0.717) is 13.1 Å². The molecule has 172 valence electrons. The van der Waals surface area contributed by atoms with E-state index >= 15 is 0 Å². The van der Waals surface area contributed by atoms with Crippen molar-refractivity contribution in [2.24, 2.45) is 0 Å². The zero-order chi connectivity index (χ0) is 22.9. The molecule has 0 aromatic heterocycles. The van der Waals surface area contributed by atoms with Crippen LogP contribution in [0.1, 0.15) is 13.3 Å². The second-order valence-electron chi connectivity index (χ2n) is 7.49. The Balaban J connectivity index is 1.44. The van der Waals surface area contributed by atoms with E-state index in [1.165, 1.54) is 12.1 Å². The molecule has 1 heterocycles. The summed E-state index contributed by atoms with van der Waals surface area (Å²) < 4.78 is 19.2. The Morgan fingerprint density at radius 2 is 1.81 bits per heavy atom. The smallest absolute Gasteiger partial charge is 0.238 e. The zero-order valence-electron chi connectivity index (χ0n) is 18.1. The molecule has 0 aliphatic carbocycles. The monoisotopic (exact) mass is 462 g/mol. The van der Waals surface area contributed by atoms with Crippen LogP contribution in [0.15, 0.2) is 42.5 Å². The van der Waals surface area contributed by atoms with E-state index in [1.54, 1.807) is 0 Å². The highest BCUT2D eigenvalue weighted by Gasteiger charge is 2.14. The van der Waals surface area contributed by atoms with Crippen molar-refractivity contribution in [2.75, 3.05) is 61.5 Å². The number of anilines is 3. The van der Waals surface area contributed by atoms with Gasteiger partial charge in [-0.2, -0.15) is 0 Å². The van der Waals surface area contributed by atoms with Crippen LogP contribution in [0.4, 0.5) is 21.5 Å². The molecule has 7 nitrogen and oxygen atoms in total. The molecule has 0 unspecified atom stereocenters. The number of nitrogens with zero attached hydrogens (tertiary/aromatic N) is 2. The van der Waals surface area contributed by atoms with Crippen LogP contribution in [-0.2, 0) is 14.3 Å². The Hall–Kier alpha value is -2.68. The van der Waals surface area contributed by atoms with Gasteiger partial charge in [-0.1, -0.05) is 18.5 Å². The summed E-state index contributed by atoms with van der Waals surface area (Å²) in [6.07, 6.45) is 0.136. The van der Waals surface area contributed by atoms with Crippen LogP contribution in [0.3, 0.4) is 0 Å². The summed E-state index contributed by atoms with van der Waals surface area (Å²) >= 11 is 5.72. The maximum atomic E-state index is 13.8. The molecule has 2 amide bonds. The molecule has 1 aliphatic rings. The van der Waals surface area contributed by atoms with Gasteiger partial charge in [0.1, 0.15) is 5.82 Å². The van der Waals surface area contributed by atoms with Crippen molar-refractivity contribution in [3.8, 4) is 0 Å². The van der Waals surface area contributed by atoms with E-state index in [0.717, 1.165) is 43.7 Å². The number of carbonyl (C=O) groups excluding carboxylic acids is 2. The van der Waals surface area contributed by atoms with Crippen molar-refractivity contribution in [3.05, 3.63) is 53.3 Å². The van der Waals surface area contributed by atoms with Crippen LogP contribution in [-0.4, -0.2) is 62.7 Å². The predicted molar refractivity (Wildman–Crippen MR) is 125 cm³/mol. The highest BCUT2D eigenvalue weighted by molar-refractivity contribution is 6.30. The molecule has 32 heavy (non-hydrogen) atoms. The molecule has 0 spiro atoms. The maximum Gasteiger partial charge on any atom is 0.238 e. The number of carbonyl (C=O) groups is 2. The van der Waals surface area contributed by atoms with Crippen molar-refractivity contribution in [1.82, 2.24) is 4.90 Å². The lowest BCUT2D eigenvalue weighted by molar-refractivity contribution is -0.119. The third-order valence-corrected chi connectivity index (χ3v) is 5.44. The van der Waals surface area contributed by atoms with E-state index in [9.17, 15) is 14.0 Å². The van der Waals surface area contributed by atoms with Crippen LogP contribution in [0.25, 0.3) is 0 Å². The van der Waals surface area contributed by atoms with Crippen molar-refractivity contribution < 1.29 is 18.7 Å². The minimum absolute atomic E-state index is 0.0840. The molecule has 0 bridgehead atoms. The molecule has 0 saturated carbocycles. The summed E-state index contributed by atoms with van der Waals surface area (Å²) in [5.41, 5.74) is 1.91. The number of halogens is 2. The average molecular weight is 463 g/mol. The second-order valence-corrected chi connectivity index (χ2v) is 7.92. The molecule has 0 atom stereocenters. The Bertz CT molecular complexity index is 920. The van der Waals surface area contributed by atoms with Crippen LogP contribution < -0.4 is 15.5 Å². The Labute approximate surface area is 192 Å². The maximum absolute atomic E-state index is 13.8. The lowest BCUT2D eigenvalue weighted by atomic mass is 10.2. The third kappa shape index (κ3) is 7.19. The molecule has 1 aliphatic heterocycles. The predicted octanol–water partition coefficient (Wildman–Crippen LogP) is 3.60. The van der Waals surface area contributed by atoms with E-state index in [2.05, 4.69) is 15.5 Å². The standard InChI is InChI=1S/C23H28ClFN4O3/c1-2-28(10-9-22(30)27-21-8-3-17(24)15-20(21)25)16-23(31)26-18-4-6-19(7-5-18)29-11-13-32-14-12-29/h3-8,15H,2,9-14,16H2,1H3,(H,26,31)(H,27,30). The summed E-state index contributed by atoms with van der Waals surface area (Å²) in [5, 5.41) is 5.68. The summed E-state index contributed by atoms with van der Waals surface area (Å²) in [5.74, 6) is -1.07. The van der Waals surface area contributed by atoms with Gasteiger partial charge in [0, 0.05) is 42.5 Å². The Kier molecular flexibility index (Phi) is 8.84. The van der Waals surface area contributed by atoms with Crippen molar-refractivity contribution in [2.45, 2.75) is 13.3 Å². The molecule has 1 saturated heterocycles. The highest BCUT2D eigenvalue weighted by atomic mass is 35.5. The van der Waals surface area contributed by atoms with Gasteiger partial charge in [-0.05, 0) is 49.0 Å². The van der Waals surface area contributed by atoms with Gasteiger partial charge in [-0.3, -0.25) is 14.5 Å². The largest absolute Gasteiger partial charge is 0.378 e. The lowest BCUT2D eigenvalue weighted by Crippen LogP contribution is -2.36. The normalized spacial score (nSPS) is 13.8. The van der Waals surface area contributed by atoms with Gasteiger partial charge in [-0.25, -0.2) is 4.39 Å². The first-order valence-electron chi connectivity index (χ1n) is 10.6. The topological polar surface area (TPSA) is 73.9 Å². The first-order chi connectivity index (χ1) is 15.4. The Morgan fingerprint density at radius 3 is 2.47 bits per heavy atom. The van der Waals surface area contributed by atoms with E-state index in [-0.39, 0.29) is 35.5 Å². The van der Waals surface area contributed by atoms with Gasteiger partial charge in [-0.15, -0.1) is 0 Å². The van der Waals surface area contributed by atoms with E-state index in [1.807, 2.05) is 36.1 Å². The number of rotatable bonds is 9. The van der Waals surface area contributed by atoms with Crippen LogP contribution in [0.2, 0.25) is 5.02 Å². The van der Waals surface area contributed by atoms with Gasteiger partial charge in [0.05, 0.1) is 25.4 Å². The number of nitrogens with one attached hydrogen (secondary N) is 2. The molecule has 2 aromatic rings. The van der Waals surface area contributed by atoms with E-state index < -0.39 is 5.82 Å². The molecule has 1 fully saturated rings. The summed E-state index contributed by atoms with van der Waals surface area (Å²) in [6.45, 7) is 6.21. The SMILES string of the molecule is CCN(CCC(=O)Nc1ccc(Cl)cc1F)CC(=O)Nc1ccc(N2CCOCC2)cc1. The van der Waals surface area contributed by atoms with Gasteiger partial charge < -0.3 is 20.3 Å². The number of amides is 2. The van der Waals surface area contributed by atoms with Gasteiger partial charge in [0.25, 0.3) is 0 Å². The molecule has 9 heteroatoms. The van der Waals surface area contributed by atoms with Crippen molar-refractivity contribution in [1.29, 1.82) is 0 Å². The molecule has 2 N–H and O–H groups in total. The minimum atomic E-state index is -0.586. The number of ether oxygens (including phenoxy) is 1. The fourth-order valence-corrected chi connectivity index (χ4v) is 3.55. The molecule has 3 rings (SSSR count). The first kappa shape index (κ1) is 24.0. The average Bonchev–Trinajstić information content (AvgIpc) is 2.79. The lowest BCUT2D eigenvalue weighted by Gasteiger charge is -2.29. The summed E-state index contributed by atoms with van der Waals surface area (Å²) in [6, 6.07) is 11.8. The zero-order valence-corrected chi connectivity index (χ0v) is 18.8. The van der Waals surface area contributed by atoms with Crippen LogP contribution in [0, 0.1) is 5.82 Å². The quantitative estimate of drug-likeness (QED) is 0.595. The summed E-state index contributed by atoms with van der Waals surface area (Å²) in [7, 11) is 0. The minimum Gasteiger partial charge on any atom is -0.378 e. The fourth-order valence-electron chi connectivity index (χ4n) is 3.39. The van der Waals surface area contributed by atoms with Crippen LogP contribution in [0.5, 0.6) is 0 Å². The Morgan fingerprint density at radius 1 is 1.09 bits per heavy atom. The fraction of sp³-hybridized carbons (Fsp3) is 0.391. The second kappa shape index (κ2) is 11.8. The number of hydrogen-bond donors (Lipinski definition) is 2. The first-order valence-corrected chi connectivity index (χ1v) is 11.0. The summed E-state index contributed by atoms with van der Waals surface area (Å²) in [4.78, 5) is 28.7. The molecule has 0 radical (unpaired) electrons.